The van der Waals surface area contributed by atoms with E-state index in [1.807, 2.05) is 69.3 Å². The largest absolute Gasteiger partial charge is 0.493 e. The van der Waals surface area contributed by atoms with E-state index in [2.05, 4.69) is 5.32 Å². The Balaban J connectivity index is 1.81. The Morgan fingerprint density at radius 1 is 0.903 bits per heavy atom. The van der Waals surface area contributed by atoms with Gasteiger partial charge in [-0.25, -0.2) is 4.79 Å². The highest BCUT2D eigenvalue weighted by atomic mass is 16.6. The van der Waals surface area contributed by atoms with Crippen molar-refractivity contribution in [2.75, 3.05) is 25.1 Å². The third-order valence-electron chi connectivity index (χ3n) is 4.67. The summed E-state index contributed by atoms with van der Waals surface area (Å²) in [6.07, 6.45) is 0.632. The molecular formula is C25H33NO5. The molecule has 0 aromatic heterocycles. The molecule has 0 saturated heterocycles. The third-order valence-corrected chi connectivity index (χ3v) is 4.67. The molecule has 0 fully saturated rings. The summed E-state index contributed by atoms with van der Waals surface area (Å²) in [5.74, 6) is 0.400. The molecule has 2 aromatic rings. The van der Waals surface area contributed by atoms with Gasteiger partial charge in [0.15, 0.2) is 6.10 Å². The first-order valence-corrected chi connectivity index (χ1v) is 10.8. The predicted octanol–water partition coefficient (Wildman–Crippen LogP) is 4.41. The van der Waals surface area contributed by atoms with Crippen LogP contribution in [0.2, 0.25) is 0 Å². The van der Waals surface area contributed by atoms with Crippen LogP contribution in [0.25, 0.3) is 0 Å². The molecule has 0 unspecified atom stereocenters. The highest BCUT2D eigenvalue weighted by Crippen LogP contribution is 2.16. The Kier molecular flexibility index (Phi) is 10.0. The highest BCUT2D eigenvalue weighted by molar-refractivity contribution is 5.92. The van der Waals surface area contributed by atoms with E-state index in [1.165, 1.54) is 0 Å². The molecule has 31 heavy (non-hydrogen) atoms. The fourth-order valence-electron chi connectivity index (χ4n) is 2.91. The second-order valence-electron chi connectivity index (χ2n) is 7.48. The minimum atomic E-state index is -0.593. The fourth-order valence-corrected chi connectivity index (χ4v) is 2.91. The van der Waals surface area contributed by atoms with Crippen molar-refractivity contribution < 1.29 is 23.8 Å². The molecule has 168 valence electrons. The number of carbonyl (C=O) groups is 2. The van der Waals surface area contributed by atoms with Gasteiger partial charge in [0, 0.05) is 31.1 Å². The number of benzene rings is 2. The zero-order valence-corrected chi connectivity index (χ0v) is 18.9. The average molecular weight is 428 g/mol. The van der Waals surface area contributed by atoms with Gasteiger partial charge in [-0.15, -0.1) is 0 Å². The molecular weight excluding hydrogens is 394 g/mol. The number of amides is 1. The molecule has 2 rings (SSSR count). The maximum atomic E-state index is 12.0. The van der Waals surface area contributed by atoms with Gasteiger partial charge < -0.3 is 19.5 Å². The quantitative estimate of drug-likeness (QED) is 0.508. The van der Waals surface area contributed by atoms with Crippen molar-refractivity contribution >= 4 is 17.6 Å². The molecule has 0 bridgehead atoms. The Labute approximate surface area is 184 Å². The van der Waals surface area contributed by atoms with Gasteiger partial charge in [0.2, 0.25) is 5.91 Å². The summed E-state index contributed by atoms with van der Waals surface area (Å²) in [6, 6.07) is 15.5. The monoisotopic (exact) mass is 427 g/mol. The predicted molar refractivity (Wildman–Crippen MR) is 121 cm³/mol. The molecule has 1 atom stereocenters. The number of ether oxygens (including phenoxy) is 3. The van der Waals surface area contributed by atoms with Crippen molar-refractivity contribution in [2.24, 2.45) is 5.92 Å². The van der Waals surface area contributed by atoms with Gasteiger partial charge in [-0.2, -0.15) is 0 Å². The molecule has 2 aromatic carbocycles. The van der Waals surface area contributed by atoms with Crippen LogP contribution in [0.3, 0.4) is 0 Å². The zero-order chi connectivity index (χ0) is 22.6. The number of nitrogens with one attached hydrogen (secondary N) is 1. The molecule has 0 saturated carbocycles. The lowest BCUT2D eigenvalue weighted by molar-refractivity contribution is -0.156. The summed E-state index contributed by atoms with van der Waals surface area (Å²) < 4.78 is 16.4. The zero-order valence-electron chi connectivity index (χ0n) is 18.9. The maximum absolute atomic E-state index is 12.0. The maximum Gasteiger partial charge on any atom is 0.335 e. The number of hydrogen-bond donors (Lipinski definition) is 1. The van der Waals surface area contributed by atoms with Crippen LogP contribution in [0.15, 0.2) is 48.5 Å². The van der Waals surface area contributed by atoms with Crippen LogP contribution in [-0.4, -0.2) is 37.8 Å². The van der Waals surface area contributed by atoms with E-state index in [9.17, 15) is 9.59 Å². The topological polar surface area (TPSA) is 73.9 Å². The second kappa shape index (κ2) is 12.7. The molecule has 0 aliphatic carbocycles. The van der Waals surface area contributed by atoms with Crippen molar-refractivity contribution in [3.63, 3.8) is 0 Å². The number of carbonyl (C=O) groups excluding carboxylic acids is 2. The number of esters is 1. The summed E-state index contributed by atoms with van der Waals surface area (Å²) in [6.45, 7) is 8.71. The van der Waals surface area contributed by atoms with Crippen molar-refractivity contribution in [3.05, 3.63) is 59.7 Å². The standard InChI is InChI=1S/C25H33NO5/c1-5-29-23(25(28)30-6-2)17-20-9-13-22(14-10-20)31-16-15-19-7-11-21(12-8-19)26-24(27)18(3)4/h7-14,18,23H,5-6,15-17H2,1-4H3,(H,26,27)/t23-/m0/s1. The number of hydrogen-bond acceptors (Lipinski definition) is 5. The van der Waals surface area contributed by atoms with Crippen molar-refractivity contribution in [1.82, 2.24) is 0 Å². The molecule has 1 amide bonds. The van der Waals surface area contributed by atoms with Crippen LogP contribution in [0.1, 0.15) is 38.8 Å². The van der Waals surface area contributed by atoms with Gasteiger partial charge in [0.1, 0.15) is 5.75 Å². The highest BCUT2D eigenvalue weighted by Gasteiger charge is 2.20. The summed E-state index contributed by atoms with van der Waals surface area (Å²) in [5, 5.41) is 2.88. The van der Waals surface area contributed by atoms with E-state index < -0.39 is 6.10 Å². The minimum absolute atomic E-state index is 0.00867. The molecule has 6 heteroatoms. The van der Waals surface area contributed by atoms with Gasteiger partial charge in [-0.3, -0.25) is 4.79 Å². The van der Waals surface area contributed by atoms with Gasteiger partial charge >= 0.3 is 5.97 Å². The van der Waals surface area contributed by atoms with Crippen LogP contribution in [0.4, 0.5) is 5.69 Å². The summed E-state index contributed by atoms with van der Waals surface area (Å²) in [7, 11) is 0. The van der Waals surface area contributed by atoms with Gasteiger partial charge in [-0.1, -0.05) is 38.1 Å². The van der Waals surface area contributed by atoms with Crippen LogP contribution >= 0.6 is 0 Å². The van der Waals surface area contributed by atoms with Crippen molar-refractivity contribution in [2.45, 2.75) is 46.6 Å². The summed E-state index contributed by atoms with van der Waals surface area (Å²) in [4.78, 5) is 23.7. The Morgan fingerprint density at radius 3 is 2.13 bits per heavy atom. The summed E-state index contributed by atoms with van der Waals surface area (Å²) in [5.41, 5.74) is 2.91. The lowest BCUT2D eigenvalue weighted by atomic mass is 10.1. The molecule has 1 N–H and O–H groups in total. The smallest absolute Gasteiger partial charge is 0.335 e. The van der Waals surface area contributed by atoms with Gasteiger partial charge in [0.05, 0.1) is 13.2 Å². The summed E-state index contributed by atoms with van der Waals surface area (Å²) >= 11 is 0. The van der Waals surface area contributed by atoms with E-state index >= 15 is 0 Å². The van der Waals surface area contributed by atoms with Crippen LogP contribution in [0.5, 0.6) is 5.75 Å². The van der Waals surface area contributed by atoms with Crippen LogP contribution in [0, 0.1) is 5.92 Å². The van der Waals surface area contributed by atoms with E-state index in [-0.39, 0.29) is 17.8 Å². The first-order valence-electron chi connectivity index (χ1n) is 10.8. The average Bonchev–Trinajstić information content (AvgIpc) is 2.76. The minimum Gasteiger partial charge on any atom is -0.493 e. The van der Waals surface area contributed by atoms with Crippen molar-refractivity contribution in [3.8, 4) is 5.75 Å². The molecule has 0 spiro atoms. The molecule has 0 heterocycles. The Bertz CT molecular complexity index is 815. The molecule has 6 nitrogen and oxygen atoms in total. The SMILES string of the molecule is CCOC(=O)[C@H](Cc1ccc(OCCc2ccc(NC(=O)C(C)C)cc2)cc1)OCC. The molecule has 0 aliphatic rings. The van der Waals surface area contributed by atoms with E-state index in [0.717, 1.165) is 29.0 Å². The Hall–Kier alpha value is -2.86. The number of rotatable bonds is 12. The first-order chi connectivity index (χ1) is 14.9. The third kappa shape index (κ3) is 8.42. The van der Waals surface area contributed by atoms with Crippen LogP contribution in [-0.2, 0) is 31.9 Å². The molecule has 0 radical (unpaired) electrons. The van der Waals surface area contributed by atoms with Gasteiger partial charge in [-0.05, 0) is 49.2 Å². The van der Waals surface area contributed by atoms with Crippen molar-refractivity contribution in [1.29, 1.82) is 0 Å². The fraction of sp³-hybridized carbons (Fsp3) is 0.440. The first kappa shape index (κ1) is 24.4. The van der Waals surface area contributed by atoms with E-state index in [4.69, 9.17) is 14.2 Å². The second-order valence-corrected chi connectivity index (χ2v) is 7.48. The molecule has 0 aliphatic heterocycles. The number of anilines is 1. The normalized spacial score (nSPS) is 11.8. The van der Waals surface area contributed by atoms with E-state index in [0.29, 0.717) is 26.2 Å². The van der Waals surface area contributed by atoms with E-state index in [1.54, 1.807) is 6.92 Å². The van der Waals surface area contributed by atoms with Crippen LogP contribution < -0.4 is 10.1 Å². The lowest BCUT2D eigenvalue weighted by Gasteiger charge is -2.16. The Morgan fingerprint density at radius 2 is 1.55 bits per heavy atom. The lowest BCUT2D eigenvalue weighted by Crippen LogP contribution is -2.28. The van der Waals surface area contributed by atoms with Gasteiger partial charge in [0.25, 0.3) is 0 Å².